The molecule has 122 valence electrons. The molecule has 0 bridgehead atoms. The Morgan fingerprint density at radius 3 is 1.65 bits per heavy atom. The molecule has 0 aromatic heterocycles. The van der Waals surface area contributed by atoms with Gasteiger partial charge in [0.15, 0.2) is 0 Å². The third-order valence-corrected chi connectivity index (χ3v) is 3.38. The summed E-state index contributed by atoms with van der Waals surface area (Å²) in [6, 6.07) is 3.07. The number of benzene rings is 1. The van der Waals surface area contributed by atoms with E-state index in [2.05, 4.69) is 0 Å². The molecule has 1 aromatic carbocycles. The maximum Gasteiger partial charge on any atom is 2.00 e. The molecular weight excluding hydrogens is 450 g/mol. The third kappa shape index (κ3) is 7.38. The summed E-state index contributed by atoms with van der Waals surface area (Å²) in [6.07, 6.45) is 1.18. The van der Waals surface area contributed by atoms with Gasteiger partial charge < -0.3 is 9.47 Å². The maximum atomic E-state index is 11.8. The van der Waals surface area contributed by atoms with Crippen molar-refractivity contribution in [2.75, 3.05) is 13.2 Å². The summed E-state index contributed by atoms with van der Waals surface area (Å²) < 4.78 is 41.4. The van der Waals surface area contributed by atoms with Crippen molar-refractivity contribution in [1.29, 1.82) is 0 Å². The number of hydrogen-bond donors (Lipinski definition) is 1. The van der Waals surface area contributed by atoms with Crippen molar-refractivity contribution in [2.24, 2.45) is 0 Å². The molecule has 23 heavy (non-hydrogen) atoms. The Bertz CT molecular complexity index is 617. The minimum atomic E-state index is -4.57. The van der Waals surface area contributed by atoms with Crippen LogP contribution in [0.2, 0.25) is 0 Å². The normalized spacial score (nSPS) is 10.6. The van der Waals surface area contributed by atoms with Gasteiger partial charge in [0.1, 0.15) is 0 Å². The van der Waals surface area contributed by atoms with Crippen LogP contribution in [0.4, 0.5) is 0 Å². The Kier molecular flexibility index (Phi) is 10.3. The molecule has 1 aromatic rings. The van der Waals surface area contributed by atoms with Crippen LogP contribution in [0.25, 0.3) is 0 Å². The van der Waals surface area contributed by atoms with Gasteiger partial charge in [-0.15, -0.1) is 0 Å². The molecule has 0 amide bonds. The Morgan fingerprint density at radius 2 is 1.35 bits per heavy atom. The number of rotatable bonds is 7. The molecule has 0 heterocycles. The molecule has 9 heteroatoms. The van der Waals surface area contributed by atoms with E-state index < -0.39 is 27.0 Å². The first-order valence-corrected chi connectivity index (χ1v) is 8.20. The zero-order chi connectivity index (χ0) is 16.8. The largest absolute Gasteiger partial charge is 2.00 e. The van der Waals surface area contributed by atoms with Gasteiger partial charge in [0.05, 0.1) is 29.2 Å². The predicted octanol–water partition coefficient (Wildman–Crippen LogP) is 1.69. The Hall–Kier alpha value is -0.359. The first-order chi connectivity index (χ1) is 10.3. The molecule has 0 unspecified atom stereocenters. The molecule has 0 fully saturated rings. The van der Waals surface area contributed by atoms with E-state index in [0.29, 0.717) is 12.8 Å². The Morgan fingerprint density at radius 1 is 0.957 bits per heavy atom. The summed E-state index contributed by atoms with van der Waals surface area (Å²) >= 11 is 0. The van der Waals surface area contributed by atoms with Crippen molar-refractivity contribution in [1.82, 2.24) is 0 Å². The molecule has 7 nitrogen and oxygen atoms in total. The summed E-state index contributed by atoms with van der Waals surface area (Å²) in [4.78, 5) is 23.1. The van der Waals surface area contributed by atoms with Gasteiger partial charge in [-0.2, -0.15) is 8.42 Å². The average molecular weight is 468 g/mol. The molecule has 0 aliphatic rings. The summed E-state index contributed by atoms with van der Waals surface area (Å²) in [7, 11) is -4.57. The van der Waals surface area contributed by atoms with E-state index in [-0.39, 0.29) is 73.2 Å². The van der Waals surface area contributed by atoms with E-state index in [0.717, 1.165) is 12.1 Å². The van der Waals surface area contributed by atoms with Crippen molar-refractivity contribution in [3.63, 3.8) is 0 Å². The van der Waals surface area contributed by atoms with Crippen molar-refractivity contribution in [2.45, 2.75) is 31.6 Å². The molecule has 0 radical (unpaired) electrons. The van der Waals surface area contributed by atoms with Crippen molar-refractivity contribution < 1.29 is 32.0 Å². The first-order valence-electron chi connectivity index (χ1n) is 6.76. The number of carbonyl (C=O) groups is 2. The fourth-order valence-corrected chi connectivity index (χ4v) is 2.09. The SMILES string of the molecule is CCCOC(=O)c1cc(C(=O)OCCC)cc(S(=O)(=O)O)c1.[Ba+2]. The number of ether oxygens (including phenoxy) is 2. The van der Waals surface area contributed by atoms with Gasteiger partial charge in [-0.1, -0.05) is 13.8 Å². The number of hydrogen-bond acceptors (Lipinski definition) is 6. The van der Waals surface area contributed by atoms with Gasteiger partial charge in [-0.25, -0.2) is 9.59 Å². The Labute approximate surface area is 175 Å². The van der Waals surface area contributed by atoms with Crippen LogP contribution in [0.5, 0.6) is 0 Å². The van der Waals surface area contributed by atoms with Gasteiger partial charge in [-0.3, -0.25) is 4.55 Å². The van der Waals surface area contributed by atoms with E-state index in [1.165, 1.54) is 6.07 Å². The zero-order valence-electron chi connectivity index (χ0n) is 13.1. The fraction of sp³-hybridized carbons (Fsp3) is 0.429. The second-order valence-electron chi connectivity index (χ2n) is 4.49. The standard InChI is InChI=1S/C14H18O7S.Ba/c1-3-5-20-13(15)10-7-11(14(16)21-6-4-2)9-12(8-10)22(17,18)19;/h7-9H,3-6H2,1-2H3,(H,17,18,19);/q;+2. The molecule has 0 atom stereocenters. The van der Waals surface area contributed by atoms with E-state index in [1.807, 2.05) is 0 Å². The van der Waals surface area contributed by atoms with Crippen LogP contribution in [-0.4, -0.2) is 87.0 Å². The molecule has 1 N–H and O–H groups in total. The van der Waals surface area contributed by atoms with Crippen LogP contribution in [0.1, 0.15) is 47.4 Å². The molecule has 0 aliphatic heterocycles. The first kappa shape index (κ1) is 22.6. The van der Waals surface area contributed by atoms with Gasteiger partial charge in [-0.05, 0) is 31.0 Å². The van der Waals surface area contributed by atoms with Crippen molar-refractivity contribution in [3.05, 3.63) is 29.3 Å². The van der Waals surface area contributed by atoms with E-state index in [4.69, 9.17) is 14.0 Å². The summed E-state index contributed by atoms with van der Waals surface area (Å²) in [5, 5.41) is 0. The van der Waals surface area contributed by atoms with Crippen molar-refractivity contribution >= 4 is 70.9 Å². The van der Waals surface area contributed by atoms with Gasteiger partial charge >= 0.3 is 60.8 Å². The van der Waals surface area contributed by atoms with E-state index in [1.54, 1.807) is 13.8 Å². The molecule has 1 rings (SSSR count). The zero-order valence-corrected chi connectivity index (χ0v) is 18.3. The van der Waals surface area contributed by atoms with Gasteiger partial charge in [0.25, 0.3) is 10.1 Å². The van der Waals surface area contributed by atoms with Crippen LogP contribution in [0.15, 0.2) is 23.1 Å². The smallest absolute Gasteiger partial charge is 0.462 e. The topological polar surface area (TPSA) is 107 Å². The Balaban J connectivity index is 0.00000484. The minimum Gasteiger partial charge on any atom is -0.462 e. The summed E-state index contributed by atoms with van der Waals surface area (Å²) in [5.74, 6) is -1.56. The monoisotopic (exact) mass is 468 g/mol. The van der Waals surface area contributed by atoms with Gasteiger partial charge in [0.2, 0.25) is 0 Å². The van der Waals surface area contributed by atoms with Crippen LogP contribution in [0.3, 0.4) is 0 Å². The second-order valence-corrected chi connectivity index (χ2v) is 5.91. The molecule has 0 saturated heterocycles. The predicted molar refractivity (Wildman–Crippen MR) is 83.2 cm³/mol. The summed E-state index contributed by atoms with van der Waals surface area (Å²) in [5.41, 5.74) is -0.293. The van der Waals surface area contributed by atoms with E-state index >= 15 is 0 Å². The molecule has 0 aliphatic carbocycles. The summed E-state index contributed by atoms with van der Waals surface area (Å²) in [6.45, 7) is 3.92. The molecule has 0 saturated carbocycles. The number of esters is 2. The average Bonchev–Trinajstić information content (AvgIpc) is 2.48. The van der Waals surface area contributed by atoms with E-state index in [9.17, 15) is 18.0 Å². The van der Waals surface area contributed by atoms with Crippen LogP contribution < -0.4 is 0 Å². The fourth-order valence-electron chi connectivity index (χ4n) is 1.54. The minimum absolute atomic E-state index is 0. The van der Waals surface area contributed by atoms with Crippen LogP contribution in [0, 0.1) is 0 Å². The number of carbonyl (C=O) groups excluding carboxylic acids is 2. The molecule has 0 spiro atoms. The van der Waals surface area contributed by atoms with Crippen LogP contribution >= 0.6 is 0 Å². The maximum absolute atomic E-state index is 11.8. The van der Waals surface area contributed by atoms with Gasteiger partial charge in [0, 0.05) is 0 Å². The quantitative estimate of drug-likeness (QED) is 0.369. The van der Waals surface area contributed by atoms with Crippen LogP contribution in [-0.2, 0) is 19.6 Å². The van der Waals surface area contributed by atoms with Crippen molar-refractivity contribution in [3.8, 4) is 0 Å². The second kappa shape index (κ2) is 10.5. The molecular formula is C14H18BaO7S+2. The third-order valence-electron chi connectivity index (χ3n) is 2.55.